The van der Waals surface area contributed by atoms with E-state index in [0.29, 0.717) is 31.5 Å². The molecular formula is C22H25N5O2. The number of nitrogens with two attached hydrogens (primary N) is 1. The first-order chi connectivity index (χ1) is 14.1. The highest BCUT2D eigenvalue weighted by Crippen LogP contribution is 2.31. The Bertz CT molecular complexity index is 1070. The lowest BCUT2D eigenvalue weighted by Gasteiger charge is -2.30. The number of nitrogens with zero attached hydrogens (tertiary/aromatic N) is 4. The number of amides is 2. The minimum Gasteiger partial charge on any atom is -0.369 e. The predicted octanol–water partition coefficient (Wildman–Crippen LogP) is 2.55. The van der Waals surface area contributed by atoms with Gasteiger partial charge < -0.3 is 15.0 Å². The standard InChI is InChI=1S/C22H25N5O2/c23-21(28)16-6-10-25(11-7-16)22(29)17-13-20(27-9-2-1-3-19(17)27)18-8-12-26(24-18)14-15-4-5-15/h1-3,8-9,12-13,15-16H,4-7,10-11,14H2,(H2,23,28). The zero-order chi connectivity index (χ0) is 20.0. The highest BCUT2D eigenvalue weighted by atomic mass is 16.2. The largest absolute Gasteiger partial charge is 0.369 e. The Morgan fingerprint density at radius 3 is 2.59 bits per heavy atom. The van der Waals surface area contributed by atoms with Gasteiger partial charge in [-0.05, 0) is 55.9 Å². The van der Waals surface area contributed by atoms with Crippen molar-refractivity contribution in [3.05, 3.63) is 48.3 Å². The molecule has 2 N–H and O–H groups in total. The molecule has 0 unspecified atom stereocenters. The molecule has 3 aromatic rings. The van der Waals surface area contributed by atoms with Crippen molar-refractivity contribution in [2.45, 2.75) is 32.2 Å². The number of fused-ring (bicyclic) bond motifs is 1. The summed E-state index contributed by atoms with van der Waals surface area (Å²) in [6.07, 6.45) is 7.83. The SMILES string of the molecule is NC(=O)C1CCN(C(=O)c2cc(-c3ccn(CC4CC4)n3)n3ccccc23)CC1. The van der Waals surface area contributed by atoms with E-state index < -0.39 is 0 Å². The summed E-state index contributed by atoms with van der Waals surface area (Å²) in [6.45, 7) is 2.08. The van der Waals surface area contributed by atoms with Crippen LogP contribution in [-0.4, -0.2) is 44.0 Å². The first-order valence-electron chi connectivity index (χ1n) is 10.3. The molecule has 3 aromatic heterocycles. The number of carbonyl (C=O) groups is 2. The second-order valence-corrected chi connectivity index (χ2v) is 8.23. The Labute approximate surface area is 169 Å². The van der Waals surface area contributed by atoms with E-state index in [1.165, 1.54) is 12.8 Å². The maximum atomic E-state index is 13.3. The number of hydrogen-bond acceptors (Lipinski definition) is 3. The Hall–Kier alpha value is -3.09. The summed E-state index contributed by atoms with van der Waals surface area (Å²) in [6, 6.07) is 9.84. The molecule has 0 bridgehead atoms. The smallest absolute Gasteiger partial charge is 0.256 e. The van der Waals surface area contributed by atoms with E-state index in [4.69, 9.17) is 10.8 Å². The highest BCUT2D eigenvalue weighted by molar-refractivity contribution is 6.02. The second-order valence-electron chi connectivity index (χ2n) is 8.23. The average Bonchev–Trinajstić information content (AvgIpc) is 3.29. The third-order valence-electron chi connectivity index (χ3n) is 6.14. The van der Waals surface area contributed by atoms with Crippen LogP contribution < -0.4 is 5.73 Å². The molecular weight excluding hydrogens is 366 g/mol. The quantitative estimate of drug-likeness (QED) is 0.725. The molecule has 1 saturated carbocycles. The van der Waals surface area contributed by atoms with Crippen LogP contribution in [-0.2, 0) is 11.3 Å². The molecule has 150 valence electrons. The zero-order valence-electron chi connectivity index (χ0n) is 16.3. The molecule has 1 aliphatic heterocycles. The number of likely N-dealkylation sites (tertiary alicyclic amines) is 1. The van der Waals surface area contributed by atoms with Gasteiger partial charge in [0.25, 0.3) is 5.91 Å². The third-order valence-corrected chi connectivity index (χ3v) is 6.14. The van der Waals surface area contributed by atoms with Crippen molar-refractivity contribution < 1.29 is 9.59 Å². The fourth-order valence-electron chi connectivity index (χ4n) is 4.22. The fraction of sp³-hybridized carbons (Fsp3) is 0.409. The highest BCUT2D eigenvalue weighted by Gasteiger charge is 2.28. The summed E-state index contributed by atoms with van der Waals surface area (Å²) in [4.78, 5) is 26.5. The molecule has 0 spiro atoms. The summed E-state index contributed by atoms with van der Waals surface area (Å²) < 4.78 is 4.04. The molecule has 4 heterocycles. The van der Waals surface area contributed by atoms with Crippen LogP contribution in [0.25, 0.3) is 16.9 Å². The minimum atomic E-state index is -0.268. The van der Waals surface area contributed by atoms with E-state index >= 15 is 0 Å². The Morgan fingerprint density at radius 2 is 1.86 bits per heavy atom. The van der Waals surface area contributed by atoms with Crippen molar-refractivity contribution in [2.24, 2.45) is 17.6 Å². The van der Waals surface area contributed by atoms with E-state index in [2.05, 4.69) is 0 Å². The van der Waals surface area contributed by atoms with Crippen molar-refractivity contribution in [3.63, 3.8) is 0 Å². The van der Waals surface area contributed by atoms with Gasteiger partial charge in [-0.15, -0.1) is 0 Å². The van der Waals surface area contributed by atoms with Gasteiger partial charge in [0, 0.05) is 37.9 Å². The Morgan fingerprint density at radius 1 is 1.07 bits per heavy atom. The summed E-state index contributed by atoms with van der Waals surface area (Å²) in [5.74, 6) is 0.360. The van der Waals surface area contributed by atoms with Crippen LogP contribution in [0.3, 0.4) is 0 Å². The van der Waals surface area contributed by atoms with E-state index in [1.54, 1.807) is 0 Å². The van der Waals surface area contributed by atoms with E-state index in [9.17, 15) is 9.59 Å². The predicted molar refractivity (Wildman–Crippen MR) is 109 cm³/mol. The first-order valence-corrected chi connectivity index (χ1v) is 10.3. The second kappa shape index (κ2) is 7.06. The Balaban J connectivity index is 1.45. The first kappa shape index (κ1) is 18.0. The van der Waals surface area contributed by atoms with Crippen LogP contribution in [0.1, 0.15) is 36.0 Å². The van der Waals surface area contributed by atoms with E-state index in [0.717, 1.165) is 29.4 Å². The molecule has 2 amide bonds. The third kappa shape index (κ3) is 3.41. The monoisotopic (exact) mass is 391 g/mol. The summed E-state index contributed by atoms with van der Waals surface area (Å²) >= 11 is 0. The molecule has 0 radical (unpaired) electrons. The van der Waals surface area contributed by atoms with Crippen LogP contribution in [0.2, 0.25) is 0 Å². The van der Waals surface area contributed by atoms with Gasteiger partial charge in [0.2, 0.25) is 5.91 Å². The van der Waals surface area contributed by atoms with Gasteiger partial charge in [-0.2, -0.15) is 5.10 Å². The van der Waals surface area contributed by atoms with E-state index in [1.807, 2.05) is 56.7 Å². The van der Waals surface area contributed by atoms with Crippen LogP contribution in [0.5, 0.6) is 0 Å². The topological polar surface area (TPSA) is 85.6 Å². The lowest BCUT2D eigenvalue weighted by Crippen LogP contribution is -2.41. The summed E-state index contributed by atoms with van der Waals surface area (Å²) in [7, 11) is 0. The molecule has 0 aromatic carbocycles. The molecule has 1 saturated heterocycles. The van der Waals surface area contributed by atoms with Gasteiger partial charge in [-0.25, -0.2) is 0 Å². The molecule has 7 heteroatoms. The van der Waals surface area contributed by atoms with Crippen LogP contribution in [0.15, 0.2) is 42.7 Å². The van der Waals surface area contributed by atoms with Gasteiger partial charge in [0.1, 0.15) is 5.69 Å². The maximum absolute atomic E-state index is 13.3. The van der Waals surface area contributed by atoms with Gasteiger partial charge in [0.05, 0.1) is 16.8 Å². The van der Waals surface area contributed by atoms with Crippen molar-refractivity contribution in [2.75, 3.05) is 13.1 Å². The molecule has 2 fully saturated rings. The average molecular weight is 391 g/mol. The maximum Gasteiger partial charge on any atom is 0.256 e. The normalized spacial score (nSPS) is 17.7. The molecule has 5 rings (SSSR count). The fourth-order valence-corrected chi connectivity index (χ4v) is 4.22. The number of rotatable bonds is 5. The number of primary amides is 1. The molecule has 1 aliphatic carbocycles. The number of pyridine rings is 1. The summed E-state index contributed by atoms with van der Waals surface area (Å²) in [5, 5.41) is 4.74. The summed E-state index contributed by atoms with van der Waals surface area (Å²) in [5.41, 5.74) is 8.77. The van der Waals surface area contributed by atoms with Crippen LogP contribution in [0.4, 0.5) is 0 Å². The number of piperidine rings is 1. The zero-order valence-corrected chi connectivity index (χ0v) is 16.3. The van der Waals surface area contributed by atoms with Crippen molar-refractivity contribution >= 4 is 17.3 Å². The Kier molecular flexibility index (Phi) is 4.38. The van der Waals surface area contributed by atoms with Crippen molar-refractivity contribution in [3.8, 4) is 11.4 Å². The van der Waals surface area contributed by atoms with Crippen molar-refractivity contribution in [1.29, 1.82) is 0 Å². The minimum absolute atomic E-state index is 0.000262. The van der Waals surface area contributed by atoms with Gasteiger partial charge in [0.15, 0.2) is 0 Å². The number of hydrogen-bond donors (Lipinski definition) is 1. The molecule has 7 nitrogen and oxygen atoms in total. The van der Waals surface area contributed by atoms with Crippen molar-refractivity contribution in [1.82, 2.24) is 19.1 Å². The molecule has 2 aliphatic rings. The van der Waals surface area contributed by atoms with Crippen LogP contribution >= 0.6 is 0 Å². The lowest BCUT2D eigenvalue weighted by atomic mass is 9.96. The number of carbonyl (C=O) groups excluding carboxylic acids is 2. The van der Waals surface area contributed by atoms with E-state index in [-0.39, 0.29) is 17.7 Å². The van der Waals surface area contributed by atoms with Gasteiger partial charge >= 0.3 is 0 Å². The molecule has 29 heavy (non-hydrogen) atoms. The van der Waals surface area contributed by atoms with Gasteiger partial charge in [-0.3, -0.25) is 14.3 Å². The van der Waals surface area contributed by atoms with Gasteiger partial charge in [-0.1, -0.05) is 6.07 Å². The lowest BCUT2D eigenvalue weighted by molar-refractivity contribution is -0.123. The molecule has 0 atom stereocenters. The van der Waals surface area contributed by atoms with Crippen LogP contribution in [0, 0.1) is 11.8 Å². The number of aromatic nitrogens is 3.